The first-order valence-corrected chi connectivity index (χ1v) is 10.4. The molecule has 6 nitrogen and oxygen atoms in total. The summed E-state index contributed by atoms with van der Waals surface area (Å²) in [6.45, 7) is 5.37. The van der Waals surface area contributed by atoms with Crippen molar-refractivity contribution in [3.63, 3.8) is 0 Å². The van der Waals surface area contributed by atoms with E-state index in [2.05, 4.69) is 26.1 Å². The number of aromatic nitrogens is 2. The summed E-state index contributed by atoms with van der Waals surface area (Å²) in [6, 6.07) is 2.64. The lowest BCUT2D eigenvalue weighted by Gasteiger charge is -2.44. The maximum Gasteiger partial charge on any atom is 0.230 e. The first kappa shape index (κ1) is 16.8. The molecule has 4 fully saturated rings. The van der Waals surface area contributed by atoms with E-state index < -0.39 is 0 Å². The normalized spacial score (nSPS) is 31.2. The first-order valence-electron chi connectivity index (χ1n) is 10.4. The van der Waals surface area contributed by atoms with Crippen LogP contribution in [0, 0.1) is 5.41 Å². The molecule has 0 bridgehead atoms. The number of rotatable bonds is 4. The highest BCUT2D eigenvalue weighted by molar-refractivity contribution is 5.84. The van der Waals surface area contributed by atoms with Crippen molar-refractivity contribution in [3.05, 3.63) is 17.5 Å². The summed E-state index contributed by atoms with van der Waals surface area (Å²) in [5.74, 6) is 1.11. The summed E-state index contributed by atoms with van der Waals surface area (Å²) < 4.78 is 5.49. The maximum atomic E-state index is 13.4. The van der Waals surface area contributed by atoms with Crippen molar-refractivity contribution in [2.75, 3.05) is 32.8 Å². The molecule has 0 aromatic carbocycles. The molecule has 3 aliphatic heterocycles. The van der Waals surface area contributed by atoms with Crippen LogP contribution in [0.3, 0.4) is 0 Å². The summed E-state index contributed by atoms with van der Waals surface area (Å²) in [4.78, 5) is 18.0. The van der Waals surface area contributed by atoms with Crippen LogP contribution in [-0.4, -0.2) is 64.8 Å². The number of amides is 1. The zero-order valence-corrected chi connectivity index (χ0v) is 15.6. The SMILES string of the molecule is O=C1N(C2CCOCC2)CCC[C@@]12CCN(Cc1cc(C3CC3)n[nH]1)C2. The Kier molecular flexibility index (Phi) is 4.28. The van der Waals surface area contributed by atoms with Gasteiger partial charge in [-0.05, 0) is 57.6 Å². The van der Waals surface area contributed by atoms with Crippen LogP contribution in [0.15, 0.2) is 6.07 Å². The number of nitrogens with zero attached hydrogens (tertiary/aromatic N) is 3. The van der Waals surface area contributed by atoms with Gasteiger partial charge in [-0.15, -0.1) is 0 Å². The second-order valence-electron chi connectivity index (χ2n) is 8.78. The maximum absolute atomic E-state index is 13.4. The molecule has 3 saturated heterocycles. The van der Waals surface area contributed by atoms with Crippen molar-refractivity contribution < 1.29 is 9.53 Å². The monoisotopic (exact) mass is 358 g/mol. The lowest BCUT2D eigenvalue weighted by molar-refractivity contribution is -0.150. The largest absolute Gasteiger partial charge is 0.381 e. The Balaban J connectivity index is 1.24. The number of nitrogens with one attached hydrogen (secondary N) is 1. The Labute approximate surface area is 155 Å². The van der Waals surface area contributed by atoms with Gasteiger partial charge in [0.05, 0.1) is 11.1 Å². The third kappa shape index (κ3) is 3.07. The lowest BCUT2D eigenvalue weighted by atomic mass is 9.77. The minimum atomic E-state index is -0.143. The molecule has 142 valence electrons. The zero-order chi connectivity index (χ0) is 17.6. The Hall–Kier alpha value is -1.40. The highest BCUT2D eigenvalue weighted by Gasteiger charge is 2.49. The standard InChI is InChI=1S/C20H30N4O2/c25-19-20(6-1-8-24(19)17-4-10-26-11-5-17)7-9-23(14-20)13-16-12-18(22-21-16)15-2-3-15/h12,15,17H,1-11,13-14H2,(H,21,22)/t20-/m0/s1. The number of carbonyl (C=O) groups is 1. The van der Waals surface area contributed by atoms with Crippen LogP contribution < -0.4 is 0 Å². The van der Waals surface area contributed by atoms with Crippen LogP contribution in [-0.2, 0) is 16.1 Å². The number of hydrogen-bond donors (Lipinski definition) is 1. The van der Waals surface area contributed by atoms with E-state index in [1.165, 1.54) is 24.2 Å². The van der Waals surface area contributed by atoms with Crippen molar-refractivity contribution in [3.8, 4) is 0 Å². The van der Waals surface area contributed by atoms with Crippen molar-refractivity contribution in [1.82, 2.24) is 20.0 Å². The highest BCUT2D eigenvalue weighted by atomic mass is 16.5. The van der Waals surface area contributed by atoms with Gasteiger partial charge in [0.2, 0.25) is 5.91 Å². The molecule has 0 radical (unpaired) electrons. The van der Waals surface area contributed by atoms with E-state index in [1.54, 1.807) is 0 Å². The fraction of sp³-hybridized carbons (Fsp3) is 0.800. The predicted octanol–water partition coefficient (Wildman–Crippen LogP) is 2.28. The summed E-state index contributed by atoms with van der Waals surface area (Å²) >= 11 is 0. The number of piperidine rings is 1. The van der Waals surface area contributed by atoms with Gasteiger partial charge in [-0.25, -0.2) is 0 Å². The van der Waals surface area contributed by atoms with Crippen LogP contribution in [0.4, 0.5) is 0 Å². The zero-order valence-electron chi connectivity index (χ0n) is 15.6. The first-order chi connectivity index (χ1) is 12.7. The molecule has 4 heterocycles. The van der Waals surface area contributed by atoms with Crippen LogP contribution in [0.2, 0.25) is 0 Å². The second-order valence-corrected chi connectivity index (χ2v) is 8.78. The molecule has 6 heteroatoms. The minimum absolute atomic E-state index is 0.143. The van der Waals surface area contributed by atoms with E-state index in [9.17, 15) is 4.79 Å². The molecule has 1 aromatic rings. The molecule has 26 heavy (non-hydrogen) atoms. The smallest absolute Gasteiger partial charge is 0.230 e. The molecule has 1 aliphatic carbocycles. The topological polar surface area (TPSA) is 61.5 Å². The number of carbonyl (C=O) groups excluding carboxylic acids is 1. The van der Waals surface area contributed by atoms with Gasteiger partial charge in [-0.3, -0.25) is 14.8 Å². The predicted molar refractivity (Wildman–Crippen MR) is 97.7 cm³/mol. The molecule has 1 saturated carbocycles. The summed E-state index contributed by atoms with van der Waals surface area (Å²) in [7, 11) is 0. The van der Waals surface area contributed by atoms with Crippen LogP contribution >= 0.6 is 0 Å². The molecular formula is C20H30N4O2. The second kappa shape index (κ2) is 6.64. The fourth-order valence-electron chi connectivity index (χ4n) is 5.21. The Morgan fingerprint density at radius 1 is 1.19 bits per heavy atom. The molecular weight excluding hydrogens is 328 g/mol. The van der Waals surface area contributed by atoms with Crippen LogP contribution in [0.25, 0.3) is 0 Å². The van der Waals surface area contributed by atoms with E-state index in [1.807, 2.05) is 0 Å². The summed E-state index contributed by atoms with van der Waals surface area (Å²) in [5.41, 5.74) is 2.29. The van der Waals surface area contributed by atoms with Gasteiger partial charge in [0, 0.05) is 50.5 Å². The lowest BCUT2D eigenvalue weighted by Crippen LogP contribution is -2.54. The molecule has 1 atom stereocenters. The van der Waals surface area contributed by atoms with E-state index >= 15 is 0 Å². The third-order valence-corrected chi connectivity index (χ3v) is 6.87. The minimum Gasteiger partial charge on any atom is -0.381 e. The molecule has 0 unspecified atom stereocenters. The van der Waals surface area contributed by atoms with Gasteiger partial charge in [0.25, 0.3) is 0 Å². The molecule has 1 amide bonds. The number of likely N-dealkylation sites (tertiary alicyclic amines) is 2. The van der Waals surface area contributed by atoms with E-state index in [0.29, 0.717) is 17.9 Å². The Bertz CT molecular complexity index is 665. The van der Waals surface area contributed by atoms with E-state index in [4.69, 9.17) is 4.74 Å². The highest BCUT2D eigenvalue weighted by Crippen LogP contribution is 2.42. The van der Waals surface area contributed by atoms with Crippen molar-refractivity contribution >= 4 is 5.91 Å². The van der Waals surface area contributed by atoms with Gasteiger partial charge in [0.1, 0.15) is 0 Å². The summed E-state index contributed by atoms with van der Waals surface area (Å²) in [6.07, 6.45) is 7.79. The molecule has 5 rings (SSSR count). The number of ether oxygens (including phenoxy) is 1. The molecule has 1 N–H and O–H groups in total. The van der Waals surface area contributed by atoms with Crippen molar-refractivity contribution in [2.24, 2.45) is 5.41 Å². The average Bonchev–Trinajstić information content (AvgIpc) is 3.29. The number of hydrogen-bond acceptors (Lipinski definition) is 4. The number of aromatic amines is 1. The van der Waals surface area contributed by atoms with Gasteiger partial charge in [0.15, 0.2) is 0 Å². The molecule has 4 aliphatic rings. The van der Waals surface area contributed by atoms with E-state index in [0.717, 1.165) is 71.5 Å². The van der Waals surface area contributed by atoms with Crippen molar-refractivity contribution in [1.29, 1.82) is 0 Å². The third-order valence-electron chi connectivity index (χ3n) is 6.87. The van der Waals surface area contributed by atoms with Gasteiger partial charge in [-0.2, -0.15) is 5.10 Å². The van der Waals surface area contributed by atoms with Crippen LogP contribution in [0.5, 0.6) is 0 Å². The Morgan fingerprint density at radius 2 is 2.04 bits per heavy atom. The van der Waals surface area contributed by atoms with E-state index in [-0.39, 0.29) is 5.41 Å². The quantitative estimate of drug-likeness (QED) is 0.897. The van der Waals surface area contributed by atoms with Crippen LogP contribution in [0.1, 0.15) is 62.3 Å². The molecule has 1 aromatic heterocycles. The van der Waals surface area contributed by atoms with Gasteiger partial charge >= 0.3 is 0 Å². The summed E-state index contributed by atoms with van der Waals surface area (Å²) in [5, 5.41) is 7.69. The fourth-order valence-corrected chi connectivity index (χ4v) is 5.21. The van der Waals surface area contributed by atoms with Gasteiger partial charge in [-0.1, -0.05) is 0 Å². The molecule has 1 spiro atoms. The van der Waals surface area contributed by atoms with Gasteiger partial charge < -0.3 is 9.64 Å². The average molecular weight is 358 g/mol. The van der Waals surface area contributed by atoms with Crippen molar-refractivity contribution in [2.45, 2.75) is 63.5 Å². The Morgan fingerprint density at radius 3 is 2.85 bits per heavy atom. The number of H-pyrrole nitrogens is 1.